The van der Waals surface area contributed by atoms with Crippen LogP contribution in [0.2, 0.25) is 0 Å². The zero-order chi connectivity index (χ0) is 20.6. The Hall–Kier alpha value is -2.73. The van der Waals surface area contributed by atoms with E-state index in [1.807, 2.05) is 42.3 Å². The number of nitrogens with zero attached hydrogens (tertiary/aromatic N) is 5. The molecule has 7 nitrogen and oxygen atoms in total. The molecule has 4 rings (SSSR count). The Bertz CT molecular complexity index is 1200. The largest absolute Gasteiger partial charge is 0.349 e. The van der Waals surface area contributed by atoms with Crippen molar-refractivity contribution in [3.8, 4) is 17.2 Å². The quantitative estimate of drug-likeness (QED) is 0.660. The Kier molecular flexibility index (Phi) is 5.13. The number of nitriles is 1. The molecular weight excluding hydrogens is 386 g/mol. The summed E-state index contributed by atoms with van der Waals surface area (Å²) in [5.74, 6) is 0. The average molecular weight is 410 g/mol. The van der Waals surface area contributed by atoms with Gasteiger partial charge in [0.15, 0.2) is 0 Å². The molecule has 0 unspecified atom stereocenters. The van der Waals surface area contributed by atoms with Crippen molar-refractivity contribution in [2.75, 3.05) is 32.4 Å². The van der Waals surface area contributed by atoms with Crippen molar-refractivity contribution in [3.05, 3.63) is 54.0 Å². The molecule has 0 aliphatic carbocycles. The normalized spacial score (nSPS) is 16.2. The Balaban J connectivity index is 1.53. The molecule has 0 saturated carbocycles. The molecule has 0 spiro atoms. The van der Waals surface area contributed by atoms with Crippen LogP contribution in [0.3, 0.4) is 0 Å². The van der Waals surface area contributed by atoms with E-state index in [1.165, 1.54) is 10.6 Å². The maximum Gasteiger partial charge on any atom is 0.211 e. The maximum atomic E-state index is 11.7. The molecule has 1 aliphatic heterocycles. The summed E-state index contributed by atoms with van der Waals surface area (Å²) in [7, 11) is -1.17. The molecule has 29 heavy (non-hydrogen) atoms. The lowest BCUT2D eigenvalue weighted by atomic mass is 10.0. The van der Waals surface area contributed by atoms with Crippen molar-refractivity contribution >= 4 is 20.9 Å². The minimum Gasteiger partial charge on any atom is -0.349 e. The van der Waals surface area contributed by atoms with Gasteiger partial charge in [0.25, 0.3) is 0 Å². The Morgan fingerprint density at radius 2 is 1.86 bits per heavy atom. The van der Waals surface area contributed by atoms with Crippen molar-refractivity contribution < 1.29 is 8.42 Å². The topological polar surface area (TPSA) is 82.2 Å². The lowest BCUT2D eigenvalue weighted by Gasteiger charge is -2.33. The van der Waals surface area contributed by atoms with Crippen LogP contribution in [0.4, 0.5) is 0 Å². The first-order chi connectivity index (χ1) is 13.8. The molecule has 3 heterocycles. The lowest BCUT2D eigenvalue weighted by Crippen LogP contribution is -2.47. The monoisotopic (exact) mass is 409 g/mol. The molecule has 0 N–H and O–H groups in total. The molecule has 1 aromatic carbocycles. The van der Waals surface area contributed by atoms with Crippen molar-refractivity contribution in [2.45, 2.75) is 6.54 Å². The number of sulfonamides is 1. The van der Waals surface area contributed by atoms with E-state index in [-0.39, 0.29) is 0 Å². The summed E-state index contributed by atoms with van der Waals surface area (Å²) in [4.78, 5) is 6.66. The van der Waals surface area contributed by atoms with Crippen LogP contribution in [0.15, 0.2) is 42.9 Å². The third-order valence-electron chi connectivity index (χ3n) is 5.45. The second-order valence-electron chi connectivity index (χ2n) is 7.52. The van der Waals surface area contributed by atoms with Gasteiger partial charge in [0.05, 0.1) is 11.8 Å². The first-order valence-electron chi connectivity index (χ1n) is 9.46. The highest BCUT2D eigenvalue weighted by Crippen LogP contribution is 2.27. The molecule has 1 fully saturated rings. The molecule has 150 valence electrons. The highest BCUT2D eigenvalue weighted by molar-refractivity contribution is 7.88. The molecule has 2 aromatic heterocycles. The van der Waals surface area contributed by atoms with Crippen LogP contribution in [0.5, 0.6) is 0 Å². The molecule has 0 bridgehead atoms. The second-order valence-corrected chi connectivity index (χ2v) is 9.50. The molecular formula is C21H23N5O2S. The highest BCUT2D eigenvalue weighted by atomic mass is 32.2. The van der Waals surface area contributed by atoms with E-state index in [2.05, 4.69) is 28.1 Å². The van der Waals surface area contributed by atoms with E-state index < -0.39 is 10.0 Å². The van der Waals surface area contributed by atoms with Gasteiger partial charge in [-0.2, -0.15) is 9.57 Å². The predicted octanol–water partition coefficient (Wildman–Crippen LogP) is 2.19. The van der Waals surface area contributed by atoms with E-state index in [4.69, 9.17) is 0 Å². The maximum absolute atomic E-state index is 11.7. The van der Waals surface area contributed by atoms with E-state index in [0.29, 0.717) is 31.7 Å². The zero-order valence-electron chi connectivity index (χ0n) is 16.5. The van der Waals surface area contributed by atoms with Crippen molar-refractivity contribution in [1.29, 1.82) is 5.26 Å². The van der Waals surface area contributed by atoms with Gasteiger partial charge in [0.2, 0.25) is 10.0 Å². The van der Waals surface area contributed by atoms with Gasteiger partial charge in [-0.1, -0.05) is 12.1 Å². The third kappa shape index (κ3) is 4.03. The molecule has 0 radical (unpaired) electrons. The number of piperazine rings is 1. The molecule has 1 aliphatic rings. The number of hydrogen-bond donors (Lipinski definition) is 0. The van der Waals surface area contributed by atoms with Gasteiger partial charge in [0, 0.05) is 74.8 Å². The van der Waals surface area contributed by atoms with Crippen molar-refractivity contribution in [2.24, 2.45) is 7.05 Å². The van der Waals surface area contributed by atoms with Gasteiger partial charge in [-0.15, -0.1) is 0 Å². The third-order valence-corrected chi connectivity index (χ3v) is 6.75. The van der Waals surface area contributed by atoms with E-state index >= 15 is 0 Å². The number of pyridine rings is 1. The predicted molar refractivity (Wildman–Crippen MR) is 113 cm³/mol. The van der Waals surface area contributed by atoms with Gasteiger partial charge < -0.3 is 4.57 Å². The number of hydrogen-bond acceptors (Lipinski definition) is 5. The minimum absolute atomic E-state index is 0.525. The fourth-order valence-corrected chi connectivity index (χ4v) is 4.69. The summed E-state index contributed by atoms with van der Waals surface area (Å²) in [6.07, 6.45) is 6.82. The Morgan fingerprint density at radius 1 is 1.10 bits per heavy atom. The minimum atomic E-state index is -3.11. The van der Waals surface area contributed by atoms with Crippen LogP contribution in [0.1, 0.15) is 11.1 Å². The number of aryl methyl sites for hydroxylation is 1. The number of fused-ring (bicyclic) bond motifs is 1. The summed E-state index contributed by atoms with van der Waals surface area (Å²) in [6.45, 7) is 3.21. The van der Waals surface area contributed by atoms with Crippen LogP contribution < -0.4 is 0 Å². The van der Waals surface area contributed by atoms with Crippen molar-refractivity contribution in [3.63, 3.8) is 0 Å². The zero-order valence-corrected chi connectivity index (χ0v) is 17.4. The summed E-state index contributed by atoms with van der Waals surface area (Å²) in [5, 5.41) is 10.2. The second kappa shape index (κ2) is 7.59. The first-order valence-corrected chi connectivity index (χ1v) is 11.3. The number of benzene rings is 1. The molecule has 8 heteroatoms. The summed E-state index contributed by atoms with van der Waals surface area (Å²) >= 11 is 0. The molecule has 0 amide bonds. The Morgan fingerprint density at radius 3 is 2.55 bits per heavy atom. The van der Waals surface area contributed by atoms with Crippen LogP contribution in [0, 0.1) is 11.3 Å². The molecule has 0 atom stereocenters. The fraction of sp³-hybridized carbons (Fsp3) is 0.333. The van der Waals surface area contributed by atoms with Gasteiger partial charge in [-0.25, -0.2) is 8.42 Å². The van der Waals surface area contributed by atoms with Crippen molar-refractivity contribution in [1.82, 2.24) is 18.8 Å². The fourth-order valence-electron chi connectivity index (χ4n) is 3.86. The smallest absolute Gasteiger partial charge is 0.211 e. The summed E-state index contributed by atoms with van der Waals surface area (Å²) < 4.78 is 26.8. The van der Waals surface area contributed by atoms with Gasteiger partial charge >= 0.3 is 0 Å². The van der Waals surface area contributed by atoms with Crippen LogP contribution in [-0.2, 0) is 23.6 Å². The summed E-state index contributed by atoms with van der Waals surface area (Å²) in [5.41, 5.74) is 4.87. The average Bonchev–Trinajstić information content (AvgIpc) is 3.03. The van der Waals surface area contributed by atoms with Gasteiger partial charge in [-0.05, 0) is 23.3 Å². The summed E-state index contributed by atoms with van der Waals surface area (Å²) in [6, 6.07) is 10.5. The first kappa shape index (κ1) is 19.6. The number of aromatic nitrogens is 2. The Labute approximate surface area is 170 Å². The SMILES string of the molecule is Cn1cc(C#N)c2ccc(-c3cncc(CN4CCN(S(C)(=O)=O)CC4)c3)cc21. The van der Waals surface area contributed by atoms with Crippen LogP contribution >= 0.6 is 0 Å². The van der Waals surface area contributed by atoms with E-state index in [1.54, 1.807) is 0 Å². The number of rotatable bonds is 4. The van der Waals surface area contributed by atoms with E-state index in [0.717, 1.165) is 34.1 Å². The van der Waals surface area contributed by atoms with Crippen LogP contribution in [-0.4, -0.2) is 59.6 Å². The molecule has 1 saturated heterocycles. The standard InChI is InChI=1S/C21H23N5O2S/c1-24-15-19(11-22)20-4-3-17(10-21(20)24)18-9-16(12-23-13-18)14-25-5-7-26(8-6-25)29(2,27)28/h3-4,9-10,12-13,15H,5-8,14H2,1-2H3. The van der Waals surface area contributed by atoms with Gasteiger partial charge in [0.1, 0.15) is 6.07 Å². The van der Waals surface area contributed by atoms with Gasteiger partial charge in [-0.3, -0.25) is 9.88 Å². The van der Waals surface area contributed by atoms with Crippen LogP contribution in [0.25, 0.3) is 22.0 Å². The lowest BCUT2D eigenvalue weighted by molar-refractivity contribution is 0.182. The molecule has 3 aromatic rings. The highest BCUT2D eigenvalue weighted by Gasteiger charge is 2.23. The van der Waals surface area contributed by atoms with E-state index in [9.17, 15) is 13.7 Å².